The van der Waals surface area contributed by atoms with Gasteiger partial charge in [0.2, 0.25) is 0 Å². The Morgan fingerprint density at radius 2 is 2.05 bits per heavy atom. The minimum atomic E-state index is -0.115. The highest BCUT2D eigenvalue weighted by Gasteiger charge is 2.53. The molecule has 1 N–H and O–H groups in total. The normalized spacial score (nSPS) is 51.0. The molecule has 4 aliphatic carbocycles. The third kappa shape index (κ3) is 1.70. The number of allylic oxidation sites excluding steroid dienone is 1. The maximum atomic E-state index is 12.0. The highest BCUT2D eigenvalue weighted by molar-refractivity contribution is 5.83. The molecule has 0 spiro atoms. The van der Waals surface area contributed by atoms with Crippen LogP contribution in [0.2, 0.25) is 0 Å². The van der Waals surface area contributed by atoms with Crippen LogP contribution >= 0.6 is 0 Å². The molecule has 0 aliphatic heterocycles. The highest BCUT2D eigenvalue weighted by Crippen LogP contribution is 2.60. The lowest BCUT2D eigenvalue weighted by Crippen LogP contribution is -2.47. The Morgan fingerprint density at radius 1 is 1.20 bits per heavy atom. The lowest BCUT2D eigenvalue weighted by Gasteiger charge is -2.54. The maximum absolute atomic E-state index is 12.0. The summed E-state index contributed by atoms with van der Waals surface area (Å²) in [4.78, 5) is 12.0. The SMILES string of the molecule is C[C@]12CC[C@H](O)CC1=CCC1[C@@H]3CCC(=O)C3CC[C@@H]12. The number of ketones is 1. The largest absolute Gasteiger partial charge is 0.393 e. The molecule has 3 fully saturated rings. The number of Topliss-reactive ketones (excluding diaryl/α,β-unsaturated/α-hetero) is 1. The molecule has 20 heavy (non-hydrogen) atoms. The van der Waals surface area contributed by atoms with Gasteiger partial charge >= 0.3 is 0 Å². The summed E-state index contributed by atoms with van der Waals surface area (Å²) in [5.74, 6) is 3.12. The molecule has 0 bridgehead atoms. The number of hydrogen-bond acceptors (Lipinski definition) is 2. The molecular weight excluding hydrogens is 248 g/mol. The van der Waals surface area contributed by atoms with Crippen LogP contribution in [-0.2, 0) is 4.79 Å². The van der Waals surface area contributed by atoms with E-state index in [2.05, 4.69) is 13.0 Å². The summed E-state index contributed by atoms with van der Waals surface area (Å²) in [6.07, 6.45) is 10.8. The summed E-state index contributed by atoms with van der Waals surface area (Å²) in [5, 5.41) is 9.96. The Hall–Kier alpha value is -0.630. The molecule has 0 aromatic carbocycles. The van der Waals surface area contributed by atoms with E-state index in [4.69, 9.17) is 0 Å². The Labute approximate surface area is 121 Å². The summed E-state index contributed by atoms with van der Waals surface area (Å²) in [6.45, 7) is 2.44. The van der Waals surface area contributed by atoms with Crippen LogP contribution in [-0.4, -0.2) is 17.0 Å². The zero-order valence-corrected chi connectivity index (χ0v) is 12.5. The van der Waals surface area contributed by atoms with Crippen LogP contribution in [0.1, 0.15) is 58.3 Å². The van der Waals surface area contributed by atoms with E-state index in [0.29, 0.717) is 23.0 Å². The predicted octanol–water partition coefficient (Wildman–Crippen LogP) is 3.49. The van der Waals surface area contributed by atoms with Gasteiger partial charge in [0.25, 0.3) is 0 Å². The average Bonchev–Trinajstić information content (AvgIpc) is 2.82. The zero-order chi connectivity index (χ0) is 13.9. The highest BCUT2D eigenvalue weighted by atomic mass is 16.3. The van der Waals surface area contributed by atoms with Crippen molar-refractivity contribution < 1.29 is 9.90 Å². The molecule has 0 radical (unpaired) electrons. The van der Waals surface area contributed by atoms with Gasteiger partial charge in [-0.3, -0.25) is 4.79 Å². The van der Waals surface area contributed by atoms with Crippen molar-refractivity contribution in [1.29, 1.82) is 0 Å². The van der Waals surface area contributed by atoms with Crippen LogP contribution in [0.15, 0.2) is 11.6 Å². The summed E-state index contributed by atoms with van der Waals surface area (Å²) in [6, 6.07) is 0. The number of carbonyl (C=O) groups excluding carboxylic acids is 1. The molecule has 2 nitrogen and oxygen atoms in total. The molecule has 0 amide bonds. The first kappa shape index (κ1) is 13.1. The minimum absolute atomic E-state index is 0.115. The van der Waals surface area contributed by atoms with Crippen molar-refractivity contribution in [2.45, 2.75) is 64.4 Å². The van der Waals surface area contributed by atoms with E-state index in [1.165, 1.54) is 12.0 Å². The van der Waals surface area contributed by atoms with Crippen LogP contribution in [0.3, 0.4) is 0 Å². The Morgan fingerprint density at radius 3 is 2.90 bits per heavy atom. The molecule has 4 aliphatic rings. The van der Waals surface area contributed by atoms with Gasteiger partial charge in [-0.15, -0.1) is 0 Å². The number of aliphatic hydroxyl groups is 1. The Kier molecular flexibility index (Phi) is 2.89. The second-order valence-electron chi connectivity index (χ2n) is 7.90. The summed E-state index contributed by atoms with van der Waals surface area (Å²) >= 11 is 0. The van der Waals surface area contributed by atoms with E-state index in [0.717, 1.165) is 56.8 Å². The fourth-order valence-electron chi connectivity index (χ4n) is 6.06. The zero-order valence-electron chi connectivity index (χ0n) is 12.5. The summed E-state index contributed by atoms with van der Waals surface area (Å²) < 4.78 is 0. The van der Waals surface area contributed by atoms with Crippen molar-refractivity contribution in [2.24, 2.45) is 29.1 Å². The van der Waals surface area contributed by atoms with E-state index in [9.17, 15) is 9.90 Å². The molecule has 3 saturated carbocycles. The first-order valence-electron chi connectivity index (χ1n) is 8.50. The quantitative estimate of drug-likeness (QED) is 0.687. The molecule has 0 aromatic heterocycles. The lowest BCUT2D eigenvalue weighted by molar-refractivity contribution is -0.123. The van der Waals surface area contributed by atoms with Gasteiger partial charge in [0.05, 0.1) is 6.10 Å². The van der Waals surface area contributed by atoms with E-state index >= 15 is 0 Å². The van der Waals surface area contributed by atoms with Crippen molar-refractivity contribution in [2.75, 3.05) is 0 Å². The third-order valence-corrected chi connectivity index (χ3v) is 7.15. The monoisotopic (exact) mass is 274 g/mol. The van der Waals surface area contributed by atoms with Crippen LogP contribution in [0, 0.1) is 29.1 Å². The topological polar surface area (TPSA) is 37.3 Å². The molecule has 110 valence electrons. The number of fused-ring (bicyclic) bond motifs is 5. The van der Waals surface area contributed by atoms with Gasteiger partial charge in [-0.05, 0) is 68.1 Å². The van der Waals surface area contributed by atoms with Gasteiger partial charge in [0, 0.05) is 12.3 Å². The molecule has 0 saturated heterocycles. The predicted molar refractivity (Wildman–Crippen MR) is 78.1 cm³/mol. The van der Waals surface area contributed by atoms with Crippen molar-refractivity contribution in [3.05, 3.63) is 11.6 Å². The summed E-state index contributed by atoms with van der Waals surface area (Å²) in [7, 11) is 0. The van der Waals surface area contributed by atoms with E-state index < -0.39 is 0 Å². The number of rotatable bonds is 0. The van der Waals surface area contributed by atoms with E-state index in [1.54, 1.807) is 0 Å². The second kappa shape index (κ2) is 4.43. The minimum Gasteiger partial charge on any atom is -0.393 e. The smallest absolute Gasteiger partial charge is 0.136 e. The van der Waals surface area contributed by atoms with Crippen molar-refractivity contribution in [3.63, 3.8) is 0 Å². The maximum Gasteiger partial charge on any atom is 0.136 e. The standard InChI is InChI=1S/C18H26O2/c1-18-9-8-12(19)10-11(18)2-3-14-13-5-7-17(20)15(13)4-6-16(14)18/h2,12-16,19H,3-10H2,1H3/t12-,13-,14?,15?,16-,18-/m0/s1. The molecular formula is C18H26O2. The first-order valence-corrected chi connectivity index (χ1v) is 8.50. The van der Waals surface area contributed by atoms with Crippen LogP contribution < -0.4 is 0 Å². The van der Waals surface area contributed by atoms with Gasteiger partial charge in [-0.2, -0.15) is 0 Å². The van der Waals surface area contributed by atoms with Gasteiger partial charge in [-0.1, -0.05) is 18.6 Å². The third-order valence-electron chi connectivity index (χ3n) is 7.15. The number of aliphatic hydroxyl groups excluding tert-OH is 1. The van der Waals surface area contributed by atoms with Crippen LogP contribution in [0.5, 0.6) is 0 Å². The molecule has 6 atom stereocenters. The van der Waals surface area contributed by atoms with Crippen LogP contribution in [0.25, 0.3) is 0 Å². The second-order valence-corrected chi connectivity index (χ2v) is 7.90. The Bertz CT molecular complexity index is 466. The lowest BCUT2D eigenvalue weighted by atomic mass is 9.50. The van der Waals surface area contributed by atoms with E-state index in [-0.39, 0.29) is 6.10 Å². The average molecular weight is 274 g/mol. The first-order chi connectivity index (χ1) is 9.59. The number of hydrogen-bond donors (Lipinski definition) is 1. The van der Waals surface area contributed by atoms with Crippen LogP contribution in [0.4, 0.5) is 0 Å². The fourth-order valence-corrected chi connectivity index (χ4v) is 6.06. The Balaban J connectivity index is 1.66. The summed E-state index contributed by atoms with van der Waals surface area (Å²) in [5.41, 5.74) is 1.85. The molecule has 2 unspecified atom stereocenters. The molecule has 0 aromatic rings. The molecule has 0 heterocycles. The number of carbonyl (C=O) groups is 1. The van der Waals surface area contributed by atoms with Crippen molar-refractivity contribution in [3.8, 4) is 0 Å². The van der Waals surface area contributed by atoms with Gasteiger partial charge in [0.15, 0.2) is 0 Å². The van der Waals surface area contributed by atoms with Crippen molar-refractivity contribution >= 4 is 5.78 Å². The van der Waals surface area contributed by atoms with Gasteiger partial charge in [0.1, 0.15) is 5.78 Å². The fraction of sp³-hybridized carbons (Fsp3) is 0.833. The molecule has 2 heteroatoms. The molecule has 4 rings (SSSR count). The van der Waals surface area contributed by atoms with E-state index in [1.807, 2.05) is 0 Å². The van der Waals surface area contributed by atoms with Crippen molar-refractivity contribution in [1.82, 2.24) is 0 Å². The van der Waals surface area contributed by atoms with Gasteiger partial charge in [-0.25, -0.2) is 0 Å². The van der Waals surface area contributed by atoms with Gasteiger partial charge < -0.3 is 5.11 Å².